The standard InChI is InChI=1S/C13H18N2O3/c1-10-3-2-4-12(15(16)17)13(10)18-8-6-11-5-7-14-9-11/h2-4,11,14H,5-9H2,1H3. The Labute approximate surface area is 106 Å². The molecule has 0 aliphatic carbocycles. The smallest absolute Gasteiger partial charge is 0.311 e. The summed E-state index contributed by atoms with van der Waals surface area (Å²) in [4.78, 5) is 10.5. The highest BCUT2D eigenvalue weighted by molar-refractivity contribution is 5.51. The summed E-state index contributed by atoms with van der Waals surface area (Å²) in [7, 11) is 0. The van der Waals surface area contributed by atoms with Crippen molar-refractivity contribution in [3.63, 3.8) is 0 Å². The number of para-hydroxylation sites is 1. The molecule has 98 valence electrons. The number of hydrogen-bond donors (Lipinski definition) is 1. The monoisotopic (exact) mass is 250 g/mol. The van der Waals surface area contributed by atoms with Gasteiger partial charge in [-0.1, -0.05) is 12.1 Å². The summed E-state index contributed by atoms with van der Waals surface area (Å²) in [5, 5.41) is 14.2. The second kappa shape index (κ2) is 5.82. The van der Waals surface area contributed by atoms with Crippen LogP contribution in [0.15, 0.2) is 18.2 Å². The molecule has 1 atom stereocenters. The van der Waals surface area contributed by atoms with Gasteiger partial charge >= 0.3 is 5.69 Å². The summed E-state index contributed by atoms with van der Waals surface area (Å²) in [6.45, 7) is 4.46. The number of nitrogens with one attached hydrogen (secondary N) is 1. The molecule has 1 aliphatic heterocycles. The van der Waals surface area contributed by atoms with Gasteiger partial charge in [0.1, 0.15) is 0 Å². The van der Waals surface area contributed by atoms with Gasteiger partial charge in [0.25, 0.3) is 0 Å². The van der Waals surface area contributed by atoms with Gasteiger partial charge in [-0.3, -0.25) is 10.1 Å². The van der Waals surface area contributed by atoms with Crippen LogP contribution in [0.3, 0.4) is 0 Å². The van der Waals surface area contributed by atoms with Crippen LogP contribution in [-0.2, 0) is 0 Å². The molecule has 5 nitrogen and oxygen atoms in total. The number of hydrogen-bond acceptors (Lipinski definition) is 4. The quantitative estimate of drug-likeness (QED) is 0.643. The van der Waals surface area contributed by atoms with Crippen LogP contribution in [0, 0.1) is 23.0 Å². The van der Waals surface area contributed by atoms with Crippen LogP contribution in [0.4, 0.5) is 5.69 Å². The Bertz CT molecular complexity index is 428. The predicted octanol–water partition coefficient (Wildman–Crippen LogP) is 2.28. The minimum Gasteiger partial charge on any atom is -0.487 e. The maximum Gasteiger partial charge on any atom is 0.311 e. The zero-order chi connectivity index (χ0) is 13.0. The number of aryl methyl sites for hydroxylation is 1. The molecule has 5 heteroatoms. The van der Waals surface area contributed by atoms with Crippen molar-refractivity contribution < 1.29 is 9.66 Å². The Morgan fingerprint density at radius 1 is 1.56 bits per heavy atom. The molecule has 18 heavy (non-hydrogen) atoms. The van der Waals surface area contributed by atoms with Crippen molar-refractivity contribution in [1.29, 1.82) is 0 Å². The third kappa shape index (κ3) is 2.98. The van der Waals surface area contributed by atoms with Gasteiger partial charge in [0.2, 0.25) is 0 Å². The molecule has 1 unspecified atom stereocenters. The Kier molecular flexibility index (Phi) is 4.15. The van der Waals surface area contributed by atoms with Gasteiger partial charge < -0.3 is 10.1 Å². The van der Waals surface area contributed by atoms with E-state index in [0.717, 1.165) is 25.1 Å². The van der Waals surface area contributed by atoms with E-state index in [2.05, 4.69) is 5.32 Å². The van der Waals surface area contributed by atoms with E-state index in [1.165, 1.54) is 12.5 Å². The first-order valence-corrected chi connectivity index (χ1v) is 6.26. The fourth-order valence-corrected chi connectivity index (χ4v) is 2.26. The zero-order valence-corrected chi connectivity index (χ0v) is 10.5. The first-order valence-electron chi connectivity index (χ1n) is 6.26. The van der Waals surface area contributed by atoms with Crippen LogP contribution in [0.2, 0.25) is 0 Å². The third-order valence-corrected chi connectivity index (χ3v) is 3.32. The van der Waals surface area contributed by atoms with Crippen molar-refractivity contribution in [1.82, 2.24) is 5.32 Å². The Morgan fingerprint density at radius 3 is 3.06 bits per heavy atom. The molecule has 0 radical (unpaired) electrons. The molecule has 0 amide bonds. The molecule has 1 saturated heterocycles. The molecular weight excluding hydrogens is 232 g/mol. The molecule has 1 heterocycles. The van der Waals surface area contributed by atoms with E-state index in [0.29, 0.717) is 18.3 Å². The summed E-state index contributed by atoms with van der Waals surface area (Å²) in [5.74, 6) is 1.04. The van der Waals surface area contributed by atoms with Crippen LogP contribution in [0.25, 0.3) is 0 Å². The Morgan fingerprint density at radius 2 is 2.39 bits per heavy atom. The van der Waals surface area contributed by atoms with Gasteiger partial charge in [-0.25, -0.2) is 0 Å². The maximum atomic E-state index is 10.9. The molecule has 2 rings (SSSR count). The van der Waals surface area contributed by atoms with Gasteiger partial charge in [0.15, 0.2) is 5.75 Å². The van der Waals surface area contributed by atoms with E-state index in [4.69, 9.17) is 4.74 Å². The lowest BCUT2D eigenvalue weighted by atomic mass is 10.1. The molecule has 1 aromatic carbocycles. The van der Waals surface area contributed by atoms with Crippen LogP contribution in [0.1, 0.15) is 18.4 Å². The number of nitro benzene ring substituents is 1. The highest BCUT2D eigenvalue weighted by Gasteiger charge is 2.18. The highest BCUT2D eigenvalue weighted by Crippen LogP contribution is 2.30. The zero-order valence-electron chi connectivity index (χ0n) is 10.5. The summed E-state index contributed by atoms with van der Waals surface area (Å²) < 4.78 is 5.62. The van der Waals surface area contributed by atoms with E-state index >= 15 is 0 Å². The SMILES string of the molecule is Cc1cccc([N+](=O)[O-])c1OCCC1CCNC1. The molecule has 1 aliphatic rings. The van der Waals surface area contributed by atoms with Crippen LogP contribution < -0.4 is 10.1 Å². The number of nitrogens with zero attached hydrogens (tertiary/aromatic N) is 1. The second-order valence-electron chi connectivity index (χ2n) is 4.68. The summed E-state index contributed by atoms with van der Waals surface area (Å²) >= 11 is 0. The first-order chi connectivity index (χ1) is 8.68. The summed E-state index contributed by atoms with van der Waals surface area (Å²) in [5.41, 5.74) is 0.869. The highest BCUT2D eigenvalue weighted by atomic mass is 16.6. The Balaban J connectivity index is 1.97. The summed E-state index contributed by atoms with van der Waals surface area (Å²) in [6.07, 6.45) is 2.11. The van der Waals surface area contributed by atoms with Crippen LogP contribution in [0.5, 0.6) is 5.75 Å². The van der Waals surface area contributed by atoms with Crippen molar-refractivity contribution in [3.8, 4) is 5.75 Å². The molecule has 1 fully saturated rings. The molecule has 0 spiro atoms. The third-order valence-electron chi connectivity index (χ3n) is 3.32. The van der Waals surface area contributed by atoms with Gasteiger partial charge in [0, 0.05) is 6.07 Å². The number of ether oxygens (including phenoxy) is 1. The van der Waals surface area contributed by atoms with Crippen molar-refractivity contribution in [3.05, 3.63) is 33.9 Å². The normalized spacial score (nSPS) is 18.8. The number of nitro groups is 1. The molecule has 1 aromatic rings. The fourth-order valence-electron chi connectivity index (χ4n) is 2.26. The van der Waals surface area contributed by atoms with Crippen LogP contribution in [-0.4, -0.2) is 24.6 Å². The molecule has 0 bridgehead atoms. The first kappa shape index (κ1) is 12.8. The minimum absolute atomic E-state index is 0.0551. The molecular formula is C13H18N2O3. The number of benzene rings is 1. The topological polar surface area (TPSA) is 64.4 Å². The van der Waals surface area contributed by atoms with Crippen molar-refractivity contribution in [2.24, 2.45) is 5.92 Å². The van der Waals surface area contributed by atoms with Gasteiger partial charge in [-0.2, -0.15) is 0 Å². The summed E-state index contributed by atoms with van der Waals surface area (Å²) in [6, 6.07) is 5.00. The number of rotatable bonds is 5. The van der Waals surface area contributed by atoms with Gasteiger partial charge in [-0.15, -0.1) is 0 Å². The lowest BCUT2D eigenvalue weighted by Crippen LogP contribution is -2.12. The fraction of sp³-hybridized carbons (Fsp3) is 0.538. The maximum absolute atomic E-state index is 10.9. The molecule has 0 saturated carbocycles. The van der Waals surface area contributed by atoms with Crippen molar-refractivity contribution in [2.45, 2.75) is 19.8 Å². The lowest BCUT2D eigenvalue weighted by molar-refractivity contribution is -0.385. The molecule has 1 N–H and O–H groups in total. The Hall–Kier alpha value is -1.62. The minimum atomic E-state index is -0.389. The molecule has 0 aromatic heterocycles. The van der Waals surface area contributed by atoms with E-state index in [9.17, 15) is 10.1 Å². The lowest BCUT2D eigenvalue weighted by Gasteiger charge is -2.11. The van der Waals surface area contributed by atoms with Gasteiger partial charge in [-0.05, 0) is 44.3 Å². The van der Waals surface area contributed by atoms with Gasteiger partial charge in [0.05, 0.1) is 11.5 Å². The van der Waals surface area contributed by atoms with E-state index in [-0.39, 0.29) is 10.6 Å². The average Bonchev–Trinajstić information content (AvgIpc) is 2.84. The van der Waals surface area contributed by atoms with Crippen molar-refractivity contribution >= 4 is 5.69 Å². The second-order valence-corrected chi connectivity index (χ2v) is 4.68. The van der Waals surface area contributed by atoms with E-state index in [1.807, 2.05) is 13.0 Å². The van der Waals surface area contributed by atoms with E-state index in [1.54, 1.807) is 6.07 Å². The largest absolute Gasteiger partial charge is 0.487 e. The van der Waals surface area contributed by atoms with Crippen LogP contribution >= 0.6 is 0 Å². The average molecular weight is 250 g/mol. The van der Waals surface area contributed by atoms with Crippen molar-refractivity contribution in [2.75, 3.05) is 19.7 Å². The van der Waals surface area contributed by atoms with E-state index < -0.39 is 0 Å². The predicted molar refractivity (Wildman–Crippen MR) is 68.9 cm³/mol.